The number of nitrogens with one attached hydrogen (secondary N) is 1. The summed E-state index contributed by atoms with van der Waals surface area (Å²) in [6.45, 7) is 1.67. The van der Waals surface area contributed by atoms with Crippen LogP contribution in [0.15, 0.2) is 0 Å². The van der Waals surface area contributed by atoms with E-state index in [2.05, 4.69) is 5.32 Å². The van der Waals surface area contributed by atoms with Crippen molar-refractivity contribution in [1.82, 2.24) is 5.32 Å². The van der Waals surface area contributed by atoms with Gasteiger partial charge in [0.2, 0.25) is 0 Å². The average molecular weight is 283 g/mol. The van der Waals surface area contributed by atoms with Crippen molar-refractivity contribution in [3.05, 3.63) is 0 Å². The largest absolute Gasteiger partial charge is 0.468 e. The van der Waals surface area contributed by atoms with Gasteiger partial charge in [0.05, 0.1) is 7.11 Å². The zero-order valence-corrected chi connectivity index (χ0v) is 13.0. The van der Waals surface area contributed by atoms with E-state index in [1.165, 1.54) is 32.8 Å². The Bertz CT molecular complexity index is 315. The van der Waals surface area contributed by atoms with Crippen LogP contribution in [-0.2, 0) is 14.3 Å². The smallest absolute Gasteiger partial charge is 0.326 e. The molecule has 4 nitrogen and oxygen atoms in total. The monoisotopic (exact) mass is 283 g/mol. The number of hydrogen-bond acceptors (Lipinski definition) is 4. The first-order valence-electron chi connectivity index (χ1n) is 8.08. The lowest BCUT2D eigenvalue weighted by Gasteiger charge is -2.32. The van der Waals surface area contributed by atoms with Gasteiger partial charge < -0.3 is 14.8 Å². The van der Waals surface area contributed by atoms with Gasteiger partial charge in [-0.05, 0) is 51.0 Å². The van der Waals surface area contributed by atoms with Crippen LogP contribution in [0.3, 0.4) is 0 Å². The molecular weight excluding hydrogens is 254 g/mol. The van der Waals surface area contributed by atoms with Gasteiger partial charge in [0.25, 0.3) is 0 Å². The Hall–Kier alpha value is -0.610. The molecule has 0 aromatic rings. The lowest BCUT2D eigenvalue weighted by atomic mass is 9.85. The predicted molar refractivity (Wildman–Crippen MR) is 78.5 cm³/mol. The number of hydrogen-bond donors (Lipinski definition) is 1. The maximum Gasteiger partial charge on any atom is 0.326 e. The van der Waals surface area contributed by atoms with Crippen LogP contribution in [0.1, 0.15) is 51.4 Å². The van der Waals surface area contributed by atoms with Crippen molar-refractivity contribution < 1.29 is 14.3 Å². The van der Waals surface area contributed by atoms with E-state index in [9.17, 15) is 4.79 Å². The molecule has 2 rings (SSSR count). The summed E-state index contributed by atoms with van der Waals surface area (Å²) < 4.78 is 10.9. The third-order valence-corrected chi connectivity index (χ3v) is 5.26. The van der Waals surface area contributed by atoms with Gasteiger partial charge in [0, 0.05) is 13.2 Å². The minimum Gasteiger partial charge on any atom is -0.468 e. The minimum atomic E-state index is -0.481. The van der Waals surface area contributed by atoms with Crippen molar-refractivity contribution in [3.63, 3.8) is 0 Å². The molecule has 0 saturated heterocycles. The molecule has 4 heteroatoms. The Balaban J connectivity index is 1.76. The molecule has 2 fully saturated rings. The molecule has 20 heavy (non-hydrogen) atoms. The molecular formula is C16H29NO3. The first-order chi connectivity index (χ1) is 9.73. The molecule has 2 saturated carbocycles. The van der Waals surface area contributed by atoms with Crippen LogP contribution >= 0.6 is 0 Å². The predicted octanol–water partition coefficient (Wildman–Crippen LogP) is 2.51. The number of carbonyl (C=O) groups excluding carboxylic acids is 1. The van der Waals surface area contributed by atoms with Crippen LogP contribution in [-0.4, -0.2) is 38.9 Å². The van der Waals surface area contributed by atoms with E-state index < -0.39 is 5.54 Å². The highest BCUT2D eigenvalue weighted by Gasteiger charge is 2.48. The highest BCUT2D eigenvalue weighted by Crippen LogP contribution is 2.38. The van der Waals surface area contributed by atoms with Gasteiger partial charge in [-0.1, -0.05) is 19.3 Å². The summed E-state index contributed by atoms with van der Waals surface area (Å²) in [6.07, 6.45) is 9.37. The molecule has 0 heterocycles. The Morgan fingerprint density at radius 2 is 2.00 bits per heavy atom. The Morgan fingerprint density at radius 1 is 1.25 bits per heavy atom. The van der Waals surface area contributed by atoms with E-state index in [0.717, 1.165) is 44.8 Å². The highest BCUT2D eigenvalue weighted by atomic mass is 16.5. The van der Waals surface area contributed by atoms with E-state index in [1.807, 2.05) is 7.05 Å². The van der Waals surface area contributed by atoms with Crippen LogP contribution in [0.2, 0.25) is 0 Å². The first-order valence-corrected chi connectivity index (χ1v) is 8.08. The van der Waals surface area contributed by atoms with E-state index in [0.29, 0.717) is 5.92 Å². The van der Waals surface area contributed by atoms with Gasteiger partial charge in [-0.25, -0.2) is 0 Å². The fraction of sp³-hybridized carbons (Fsp3) is 0.938. The van der Waals surface area contributed by atoms with Crippen molar-refractivity contribution in [3.8, 4) is 0 Å². The topological polar surface area (TPSA) is 47.6 Å². The van der Waals surface area contributed by atoms with Crippen LogP contribution in [0, 0.1) is 11.8 Å². The third kappa shape index (κ3) is 3.34. The molecule has 0 spiro atoms. The molecule has 0 bridgehead atoms. The van der Waals surface area contributed by atoms with E-state index in [1.54, 1.807) is 0 Å². The van der Waals surface area contributed by atoms with Crippen molar-refractivity contribution in [2.24, 2.45) is 11.8 Å². The fourth-order valence-electron chi connectivity index (χ4n) is 4.00. The summed E-state index contributed by atoms with van der Waals surface area (Å²) in [7, 11) is 3.35. The second kappa shape index (κ2) is 7.41. The summed E-state index contributed by atoms with van der Waals surface area (Å²) in [6, 6.07) is 0. The zero-order chi connectivity index (χ0) is 14.4. The summed E-state index contributed by atoms with van der Waals surface area (Å²) in [5, 5.41) is 3.23. The fourth-order valence-corrected chi connectivity index (χ4v) is 4.00. The van der Waals surface area contributed by atoms with Gasteiger partial charge in [-0.15, -0.1) is 0 Å². The Labute approximate surface area is 122 Å². The number of ether oxygens (including phenoxy) is 2. The van der Waals surface area contributed by atoms with Gasteiger partial charge in [0.15, 0.2) is 0 Å². The number of rotatable bonds is 7. The number of esters is 1. The summed E-state index contributed by atoms with van der Waals surface area (Å²) in [5.41, 5.74) is -0.481. The van der Waals surface area contributed by atoms with Crippen LogP contribution in [0.4, 0.5) is 0 Å². The standard InChI is InChI=1S/C16H29NO3/c1-17-16(15(18)19-2)10-5-8-14(16)9-11-20-12-13-6-3-4-7-13/h13-14,17H,3-12H2,1-2H3. The molecule has 0 amide bonds. The van der Waals surface area contributed by atoms with Crippen molar-refractivity contribution in [2.45, 2.75) is 56.9 Å². The quantitative estimate of drug-likeness (QED) is 0.576. The lowest BCUT2D eigenvalue weighted by Crippen LogP contribution is -2.54. The average Bonchev–Trinajstić information content (AvgIpc) is 3.12. The highest BCUT2D eigenvalue weighted by molar-refractivity contribution is 5.81. The van der Waals surface area contributed by atoms with E-state index >= 15 is 0 Å². The van der Waals surface area contributed by atoms with Crippen LogP contribution in [0.25, 0.3) is 0 Å². The summed E-state index contributed by atoms with van der Waals surface area (Å²) >= 11 is 0. The van der Waals surface area contributed by atoms with E-state index in [-0.39, 0.29) is 5.97 Å². The van der Waals surface area contributed by atoms with Gasteiger partial charge in [-0.3, -0.25) is 4.79 Å². The van der Waals surface area contributed by atoms with E-state index in [4.69, 9.17) is 9.47 Å². The number of likely N-dealkylation sites (N-methyl/N-ethyl adjacent to an activating group) is 1. The molecule has 2 aliphatic rings. The van der Waals surface area contributed by atoms with Crippen LogP contribution < -0.4 is 5.32 Å². The molecule has 0 aromatic carbocycles. The van der Waals surface area contributed by atoms with Gasteiger partial charge >= 0.3 is 5.97 Å². The Kier molecular flexibility index (Phi) is 5.85. The minimum absolute atomic E-state index is 0.113. The second-order valence-electron chi connectivity index (χ2n) is 6.32. The second-order valence-corrected chi connectivity index (χ2v) is 6.32. The molecule has 2 aliphatic carbocycles. The SMILES string of the molecule is CNC1(C(=O)OC)CCCC1CCOCC1CCCC1. The number of carbonyl (C=O) groups is 1. The molecule has 0 aromatic heterocycles. The molecule has 116 valence electrons. The van der Waals surface area contributed by atoms with Gasteiger partial charge in [0.1, 0.15) is 5.54 Å². The summed E-state index contributed by atoms with van der Waals surface area (Å²) in [5.74, 6) is 0.995. The summed E-state index contributed by atoms with van der Waals surface area (Å²) in [4.78, 5) is 12.1. The van der Waals surface area contributed by atoms with Crippen LogP contribution in [0.5, 0.6) is 0 Å². The lowest BCUT2D eigenvalue weighted by molar-refractivity contribution is -0.150. The Morgan fingerprint density at radius 3 is 2.65 bits per heavy atom. The maximum absolute atomic E-state index is 12.1. The number of methoxy groups -OCH3 is 1. The van der Waals surface area contributed by atoms with Gasteiger partial charge in [-0.2, -0.15) is 0 Å². The van der Waals surface area contributed by atoms with Crippen molar-refractivity contribution in [1.29, 1.82) is 0 Å². The first kappa shape index (κ1) is 15.8. The zero-order valence-electron chi connectivity index (χ0n) is 13.0. The third-order valence-electron chi connectivity index (χ3n) is 5.26. The van der Waals surface area contributed by atoms with Crippen molar-refractivity contribution in [2.75, 3.05) is 27.4 Å². The van der Waals surface area contributed by atoms with Crippen molar-refractivity contribution >= 4 is 5.97 Å². The maximum atomic E-state index is 12.1. The molecule has 2 unspecified atom stereocenters. The molecule has 1 N–H and O–H groups in total. The molecule has 0 aliphatic heterocycles. The molecule has 2 atom stereocenters. The normalized spacial score (nSPS) is 30.8. The molecule has 0 radical (unpaired) electrons.